The molecule has 2 aromatic rings. The van der Waals surface area contributed by atoms with E-state index in [2.05, 4.69) is 21.2 Å². The number of fused-ring (bicyclic) bond motifs is 2. The van der Waals surface area contributed by atoms with Gasteiger partial charge >= 0.3 is 0 Å². The molecule has 172 valence electrons. The van der Waals surface area contributed by atoms with Crippen LogP contribution in [0.4, 0.5) is 5.69 Å². The lowest BCUT2D eigenvalue weighted by atomic mass is 9.86. The Morgan fingerprint density at radius 2 is 2.12 bits per heavy atom. The first kappa shape index (κ1) is 22.8. The second-order valence-electron chi connectivity index (χ2n) is 8.49. The van der Waals surface area contributed by atoms with E-state index in [9.17, 15) is 13.2 Å². The highest BCUT2D eigenvalue weighted by Gasteiger charge is 2.52. The number of ether oxygens (including phenoxy) is 2. The number of rotatable bonds is 4. The summed E-state index contributed by atoms with van der Waals surface area (Å²) in [5.41, 5.74) is 7.06. The van der Waals surface area contributed by atoms with Gasteiger partial charge in [0.1, 0.15) is 34.2 Å². The maximum Gasteiger partial charge on any atom is 0.274 e. The Hall–Kier alpha value is -3.42. The van der Waals surface area contributed by atoms with Crippen LogP contribution in [-0.2, 0) is 26.7 Å². The summed E-state index contributed by atoms with van der Waals surface area (Å²) >= 11 is 0. The number of sulfone groups is 1. The minimum Gasteiger partial charge on any atom is -0.479 e. The van der Waals surface area contributed by atoms with Crippen LogP contribution < -0.4 is 15.8 Å². The molecule has 3 heterocycles. The molecule has 0 saturated heterocycles. The van der Waals surface area contributed by atoms with Gasteiger partial charge in [0.05, 0.1) is 25.2 Å². The van der Waals surface area contributed by atoms with Crippen molar-refractivity contribution in [3.63, 3.8) is 0 Å². The van der Waals surface area contributed by atoms with Gasteiger partial charge < -0.3 is 20.5 Å². The lowest BCUT2D eigenvalue weighted by Crippen LogP contribution is -2.57. The van der Waals surface area contributed by atoms with Crippen molar-refractivity contribution in [1.29, 1.82) is 0 Å². The first-order valence-electron chi connectivity index (χ1n) is 10.2. The number of benzene rings is 1. The molecule has 1 unspecified atom stereocenters. The van der Waals surface area contributed by atoms with E-state index in [0.717, 1.165) is 5.56 Å². The van der Waals surface area contributed by atoms with Crippen molar-refractivity contribution >= 4 is 27.3 Å². The second kappa shape index (κ2) is 8.17. The van der Waals surface area contributed by atoms with Gasteiger partial charge in [0, 0.05) is 5.69 Å². The van der Waals surface area contributed by atoms with E-state index < -0.39 is 26.0 Å². The minimum absolute atomic E-state index is 0.0379. The lowest BCUT2D eigenvalue weighted by molar-refractivity contribution is 0.0610. The zero-order valence-corrected chi connectivity index (χ0v) is 19.1. The van der Waals surface area contributed by atoms with E-state index in [-0.39, 0.29) is 30.5 Å². The van der Waals surface area contributed by atoms with Gasteiger partial charge in [-0.05, 0) is 49.2 Å². The molecule has 2 aliphatic rings. The highest BCUT2D eigenvalue weighted by atomic mass is 32.2. The third-order valence-corrected chi connectivity index (χ3v) is 8.54. The first-order chi connectivity index (χ1) is 15.6. The van der Waals surface area contributed by atoms with Crippen LogP contribution in [0.3, 0.4) is 0 Å². The normalized spacial score (nSPS) is 22.5. The SMILES string of the molecule is C#CCOc1ccc(C(=O)Nc2ccc3c(c2)C2(COC3)CS(=O)(=O)C(C)(C)C(N)=N2)nc1. The van der Waals surface area contributed by atoms with Gasteiger partial charge in [-0.15, -0.1) is 6.42 Å². The molecule has 0 aliphatic carbocycles. The van der Waals surface area contributed by atoms with Crippen molar-refractivity contribution in [2.45, 2.75) is 30.7 Å². The number of nitrogens with two attached hydrogens (primary N) is 1. The summed E-state index contributed by atoms with van der Waals surface area (Å²) in [7, 11) is -3.61. The molecular weight excluding hydrogens is 444 g/mol. The van der Waals surface area contributed by atoms with Gasteiger partial charge in [0.2, 0.25) is 0 Å². The van der Waals surface area contributed by atoms with Crippen LogP contribution in [0.1, 0.15) is 35.5 Å². The van der Waals surface area contributed by atoms with Gasteiger partial charge in [0.15, 0.2) is 9.84 Å². The predicted molar refractivity (Wildman–Crippen MR) is 124 cm³/mol. The largest absolute Gasteiger partial charge is 0.479 e. The topological polar surface area (TPSA) is 133 Å². The van der Waals surface area contributed by atoms with Crippen LogP contribution in [0, 0.1) is 12.3 Å². The number of carbonyl (C=O) groups is 1. The average Bonchev–Trinajstić information content (AvgIpc) is 2.77. The molecule has 3 N–H and O–H groups in total. The number of terminal acetylenes is 1. The number of nitrogens with one attached hydrogen (secondary N) is 1. The van der Waals surface area contributed by atoms with Crippen LogP contribution in [-0.4, -0.2) is 48.9 Å². The van der Waals surface area contributed by atoms with Gasteiger partial charge in [0.25, 0.3) is 5.91 Å². The molecule has 0 bridgehead atoms. The zero-order chi connectivity index (χ0) is 23.9. The number of amides is 1. The zero-order valence-electron chi connectivity index (χ0n) is 18.3. The van der Waals surface area contributed by atoms with Gasteiger partial charge in [-0.2, -0.15) is 0 Å². The summed E-state index contributed by atoms with van der Waals surface area (Å²) in [4.78, 5) is 21.4. The molecule has 1 atom stereocenters. The lowest BCUT2D eigenvalue weighted by Gasteiger charge is -2.42. The van der Waals surface area contributed by atoms with Crippen LogP contribution in [0.15, 0.2) is 41.5 Å². The number of carbonyl (C=O) groups excluding carboxylic acids is 1. The number of amidine groups is 1. The molecule has 33 heavy (non-hydrogen) atoms. The van der Waals surface area contributed by atoms with Gasteiger partial charge in [-0.25, -0.2) is 13.4 Å². The van der Waals surface area contributed by atoms with Crippen LogP contribution in [0.2, 0.25) is 0 Å². The maximum absolute atomic E-state index is 13.0. The molecule has 0 saturated carbocycles. The van der Waals surface area contributed by atoms with E-state index >= 15 is 0 Å². The third kappa shape index (κ3) is 4.05. The number of pyridine rings is 1. The van der Waals surface area contributed by atoms with Crippen molar-refractivity contribution in [1.82, 2.24) is 4.98 Å². The summed E-state index contributed by atoms with van der Waals surface area (Å²) in [6, 6.07) is 8.36. The number of hydrogen-bond acceptors (Lipinski definition) is 8. The molecule has 1 spiro atoms. The number of aliphatic imine (C=N–C) groups is 1. The quantitative estimate of drug-likeness (QED) is 0.652. The van der Waals surface area contributed by atoms with E-state index in [1.54, 1.807) is 38.1 Å². The van der Waals surface area contributed by atoms with E-state index in [1.165, 1.54) is 12.3 Å². The Bertz CT molecular complexity index is 1280. The van der Waals surface area contributed by atoms with E-state index in [1.807, 2.05) is 0 Å². The molecule has 2 aliphatic heterocycles. The van der Waals surface area contributed by atoms with Crippen LogP contribution >= 0.6 is 0 Å². The smallest absolute Gasteiger partial charge is 0.274 e. The summed E-state index contributed by atoms with van der Waals surface area (Å²) < 4.78 is 35.7. The average molecular weight is 469 g/mol. The fourth-order valence-electron chi connectivity index (χ4n) is 3.80. The number of hydrogen-bond donors (Lipinski definition) is 2. The van der Waals surface area contributed by atoms with Crippen molar-refractivity contribution in [2.75, 3.05) is 24.3 Å². The molecule has 1 aromatic carbocycles. The summed E-state index contributed by atoms with van der Waals surface area (Å²) in [6.07, 6.45) is 6.57. The number of anilines is 1. The molecule has 4 rings (SSSR count). The highest BCUT2D eigenvalue weighted by Crippen LogP contribution is 2.42. The molecule has 1 aromatic heterocycles. The Balaban J connectivity index is 1.64. The number of aromatic nitrogens is 1. The minimum atomic E-state index is -3.61. The third-order valence-electron chi connectivity index (χ3n) is 5.92. The van der Waals surface area contributed by atoms with Crippen molar-refractivity contribution in [3.05, 3.63) is 53.3 Å². The Morgan fingerprint density at radius 1 is 1.33 bits per heavy atom. The highest BCUT2D eigenvalue weighted by molar-refractivity contribution is 7.93. The van der Waals surface area contributed by atoms with Crippen molar-refractivity contribution in [3.8, 4) is 18.1 Å². The monoisotopic (exact) mass is 468 g/mol. The maximum atomic E-state index is 13.0. The standard InChI is InChI=1S/C23H24N4O5S/c1-4-9-32-17-7-8-19(25-11-17)20(28)26-16-6-5-15-12-31-13-23(18(15)10-16)14-33(29,30)22(2,3)21(24)27-23/h1,5-8,10-11H,9,12-14H2,2-3H3,(H2,24,27)(H,26,28). The fraction of sp³-hybridized carbons (Fsp3) is 0.348. The van der Waals surface area contributed by atoms with E-state index in [0.29, 0.717) is 23.6 Å². The molecule has 9 nitrogen and oxygen atoms in total. The fourth-order valence-corrected chi connectivity index (χ4v) is 5.46. The molecular formula is C23H24N4O5S. The van der Waals surface area contributed by atoms with Crippen LogP contribution in [0.5, 0.6) is 5.75 Å². The van der Waals surface area contributed by atoms with Crippen molar-refractivity contribution in [2.24, 2.45) is 10.7 Å². The van der Waals surface area contributed by atoms with Gasteiger partial charge in [-0.1, -0.05) is 12.0 Å². The van der Waals surface area contributed by atoms with Crippen molar-refractivity contribution < 1.29 is 22.7 Å². The summed E-state index contributed by atoms with van der Waals surface area (Å²) in [5.74, 6) is 2.18. The molecule has 0 fully saturated rings. The Labute approximate surface area is 192 Å². The number of nitrogens with zero attached hydrogens (tertiary/aromatic N) is 2. The Kier molecular flexibility index (Phi) is 5.64. The second-order valence-corrected chi connectivity index (χ2v) is 11.0. The Morgan fingerprint density at radius 3 is 2.79 bits per heavy atom. The summed E-state index contributed by atoms with van der Waals surface area (Å²) in [5, 5.41) is 2.80. The summed E-state index contributed by atoms with van der Waals surface area (Å²) in [6.45, 7) is 3.59. The van der Waals surface area contributed by atoms with Crippen LogP contribution in [0.25, 0.3) is 0 Å². The predicted octanol–water partition coefficient (Wildman–Crippen LogP) is 1.64. The van der Waals surface area contributed by atoms with Gasteiger partial charge in [-0.3, -0.25) is 9.79 Å². The first-order valence-corrected chi connectivity index (χ1v) is 11.9. The molecule has 1 amide bonds. The molecule has 10 heteroatoms. The molecule has 0 radical (unpaired) electrons. The van der Waals surface area contributed by atoms with E-state index in [4.69, 9.17) is 21.6 Å².